The van der Waals surface area contributed by atoms with Gasteiger partial charge in [0.2, 0.25) is 5.91 Å². The Balaban J connectivity index is 1.36. The summed E-state index contributed by atoms with van der Waals surface area (Å²) in [6.07, 6.45) is 0.306. The maximum atomic E-state index is 12.7. The third-order valence-corrected chi connectivity index (χ3v) is 6.83. The Morgan fingerprint density at radius 2 is 1.47 bits per heavy atom. The van der Waals surface area contributed by atoms with Crippen LogP contribution in [-0.2, 0) is 4.79 Å². The number of hydrogen-bond acceptors (Lipinski definition) is 4. The van der Waals surface area contributed by atoms with E-state index in [1.54, 1.807) is 0 Å². The molecule has 0 aliphatic carbocycles. The third-order valence-electron chi connectivity index (χ3n) is 5.85. The van der Waals surface area contributed by atoms with Gasteiger partial charge in [-0.2, -0.15) is 5.26 Å². The maximum Gasteiger partial charge on any atom is 0.225 e. The smallest absolute Gasteiger partial charge is 0.225 e. The summed E-state index contributed by atoms with van der Waals surface area (Å²) < 4.78 is 0. The minimum Gasteiger partial charge on any atom is -0.326 e. The van der Waals surface area contributed by atoms with E-state index in [0.717, 1.165) is 38.8 Å². The fraction of sp³-hybridized carbons (Fsp3) is 0.0645. The fourth-order valence-corrected chi connectivity index (χ4v) is 5.01. The predicted molar refractivity (Wildman–Crippen MR) is 148 cm³/mol. The van der Waals surface area contributed by atoms with Gasteiger partial charge < -0.3 is 5.32 Å². The molecule has 4 nitrogen and oxygen atoms in total. The average Bonchev–Trinajstić information content (AvgIpc) is 2.93. The molecule has 0 radical (unpaired) electrons. The Morgan fingerprint density at radius 1 is 0.806 bits per heavy atom. The van der Waals surface area contributed by atoms with Gasteiger partial charge in [0, 0.05) is 29.0 Å². The molecule has 0 bridgehead atoms. The molecule has 1 aromatic heterocycles. The molecule has 0 aliphatic heterocycles. The number of carbonyl (C=O) groups is 1. The lowest BCUT2D eigenvalue weighted by molar-refractivity contribution is -0.115. The summed E-state index contributed by atoms with van der Waals surface area (Å²) in [7, 11) is 0. The van der Waals surface area contributed by atoms with Gasteiger partial charge in [-0.3, -0.25) is 4.79 Å². The van der Waals surface area contributed by atoms with Crippen LogP contribution in [0.2, 0.25) is 0 Å². The van der Waals surface area contributed by atoms with Crippen LogP contribution in [-0.4, -0.2) is 16.6 Å². The molecule has 0 saturated heterocycles. The van der Waals surface area contributed by atoms with Crippen molar-refractivity contribution >= 4 is 34.1 Å². The number of nitriles is 1. The molecule has 0 aliphatic rings. The van der Waals surface area contributed by atoms with Crippen LogP contribution in [0.3, 0.4) is 0 Å². The van der Waals surface area contributed by atoms with Crippen molar-refractivity contribution in [3.05, 3.63) is 115 Å². The van der Waals surface area contributed by atoms with Gasteiger partial charge in [0.05, 0.1) is 11.3 Å². The fourth-order valence-electron chi connectivity index (χ4n) is 4.07. The highest BCUT2D eigenvalue weighted by Gasteiger charge is 2.16. The standard InChI is InChI=1S/C31H23N3OS/c32-21-28-27(23-10-3-1-4-11-23)20-29(24-12-5-2-6-13-24)34-31(28)36-18-17-30(35)33-26-16-15-22-9-7-8-14-25(22)19-26/h1-16,19-20H,17-18H2,(H,33,35). The molecule has 174 valence electrons. The monoisotopic (exact) mass is 485 g/mol. The van der Waals surface area contributed by atoms with E-state index in [4.69, 9.17) is 4.98 Å². The Labute approximate surface area is 214 Å². The van der Waals surface area contributed by atoms with Gasteiger partial charge in [-0.1, -0.05) is 91.0 Å². The minimum absolute atomic E-state index is 0.0706. The minimum atomic E-state index is -0.0706. The highest BCUT2D eigenvalue weighted by atomic mass is 32.2. The number of fused-ring (bicyclic) bond motifs is 1. The summed E-state index contributed by atoms with van der Waals surface area (Å²) in [6, 6.07) is 38.1. The van der Waals surface area contributed by atoms with Gasteiger partial charge >= 0.3 is 0 Å². The molecule has 0 spiro atoms. The van der Waals surface area contributed by atoms with E-state index < -0.39 is 0 Å². The van der Waals surface area contributed by atoms with Gasteiger partial charge in [0.15, 0.2) is 0 Å². The van der Waals surface area contributed by atoms with Crippen molar-refractivity contribution in [3.63, 3.8) is 0 Å². The Hall–Kier alpha value is -4.40. The average molecular weight is 486 g/mol. The molecular weight excluding hydrogens is 462 g/mol. The molecule has 5 aromatic rings. The van der Waals surface area contributed by atoms with E-state index in [0.29, 0.717) is 22.8 Å². The van der Waals surface area contributed by atoms with Gasteiger partial charge in [0.1, 0.15) is 11.1 Å². The number of pyridine rings is 1. The van der Waals surface area contributed by atoms with Crippen molar-refractivity contribution in [2.24, 2.45) is 0 Å². The largest absolute Gasteiger partial charge is 0.326 e. The number of aromatic nitrogens is 1. The van der Waals surface area contributed by atoms with Gasteiger partial charge in [-0.05, 0) is 34.5 Å². The van der Waals surface area contributed by atoms with Crippen LogP contribution in [0.15, 0.2) is 114 Å². The summed E-state index contributed by atoms with van der Waals surface area (Å²) in [4.78, 5) is 17.5. The third kappa shape index (κ3) is 5.30. The number of amides is 1. The zero-order valence-corrected chi connectivity index (χ0v) is 20.3. The molecule has 0 fully saturated rings. The van der Waals surface area contributed by atoms with E-state index >= 15 is 0 Å². The SMILES string of the molecule is N#Cc1c(-c2ccccc2)cc(-c2ccccc2)nc1SCCC(=O)Nc1ccc2ccccc2c1. The van der Waals surface area contributed by atoms with E-state index in [1.165, 1.54) is 11.8 Å². The van der Waals surface area contributed by atoms with Crippen LogP contribution in [0.4, 0.5) is 5.69 Å². The zero-order chi connectivity index (χ0) is 24.7. The number of hydrogen-bond donors (Lipinski definition) is 1. The first-order valence-corrected chi connectivity index (χ1v) is 12.7. The molecule has 1 amide bonds. The lowest BCUT2D eigenvalue weighted by Gasteiger charge is -2.13. The lowest BCUT2D eigenvalue weighted by Crippen LogP contribution is -2.12. The molecule has 0 atom stereocenters. The predicted octanol–water partition coefficient (Wildman–Crippen LogP) is 7.56. The van der Waals surface area contributed by atoms with E-state index in [9.17, 15) is 10.1 Å². The van der Waals surface area contributed by atoms with Crippen LogP contribution in [0.1, 0.15) is 12.0 Å². The van der Waals surface area contributed by atoms with Crippen LogP contribution in [0.5, 0.6) is 0 Å². The van der Waals surface area contributed by atoms with Gasteiger partial charge in [0.25, 0.3) is 0 Å². The van der Waals surface area contributed by atoms with Crippen LogP contribution >= 0.6 is 11.8 Å². The zero-order valence-electron chi connectivity index (χ0n) is 19.5. The quantitative estimate of drug-likeness (QED) is 0.242. The number of nitrogens with zero attached hydrogens (tertiary/aromatic N) is 2. The summed E-state index contributed by atoms with van der Waals surface area (Å²) in [6.45, 7) is 0. The molecule has 5 heteroatoms. The topological polar surface area (TPSA) is 65.8 Å². The summed E-state index contributed by atoms with van der Waals surface area (Å²) in [5.41, 5.74) is 4.89. The number of rotatable bonds is 7. The lowest BCUT2D eigenvalue weighted by atomic mass is 9.99. The van der Waals surface area contributed by atoms with Gasteiger partial charge in [-0.15, -0.1) is 11.8 Å². The molecule has 4 aromatic carbocycles. The molecular formula is C31H23N3OS. The molecule has 36 heavy (non-hydrogen) atoms. The maximum absolute atomic E-state index is 12.7. The highest BCUT2D eigenvalue weighted by molar-refractivity contribution is 7.99. The first-order valence-electron chi connectivity index (χ1n) is 11.7. The van der Waals surface area contributed by atoms with Crippen molar-refractivity contribution in [2.45, 2.75) is 11.4 Å². The first kappa shape index (κ1) is 23.3. The van der Waals surface area contributed by atoms with Gasteiger partial charge in [-0.25, -0.2) is 4.98 Å². The summed E-state index contributed by atoms with van der Waals surface area (Å²) >= 11 is 1.44. The van der Waals surface area contributed by atoms with Crippen LogP contribution in [0, 0.1) is 11.3 Å². The number of carbonyl (C=O) groups excluding carboxylic acids is 1. The van der Waals surface area contributed by atoms with E-state index in [-0.39, 0.29) is 5.91 Å². The van der Waals surface area contributed by atoms with Crippen LogP contribution < -0.4 is 5.32 Å². The first-order chi connectivity index (χ1) is 17.7. The summed E-state index contributed by atoms with van der Waals surface area (Å²) in [5, 5.41) is 15.9. The van der Waals surface area contributed by atoms with Crippen LogP contribution in [0.25, 0.3) is 33.2 Å². The number of nitrogens with one attached hydrogen (secondary N) is 1. The second-order valence-electron chi connectivity index (χ2n) is 8.29. The van der Waals surface area contributed by atoms with Crippen molar-refractivity contribution in [1.29, 1.82) is 5.26 Å². The molecule has 0 saturated carbocycles. The summed E-state index contributed by atoms with van der Waals surface area (Å²) in [5.74, 6) is 0.437. The number of benzene rings is 4. The Kier molecular flexibility index (Phi) is 7.07. The molecule has 1 N–H and O–H groups in total. The van der Waals surface area contributed by atoms with Crippen molar-refractivity contribution in [2.75, 3.05) is 11.1 Å². The molecule has 5 rings (SSSR count). The van der Waals surface area contributed by atoms with Crippen molar-refractivity contribution in [1.82, 2.24) is 4.98 Å². The van der Waals surface area contributed by atoms with Crippen molar-refractivity contribution < 1.29 is 4.79 Å². The molecule has 1 heterocycles. The number of thioether (sulfide) groups is 1. The van der Waals surface area contributed by atoms with E-state index in [1.807, 2.05) is 109 Å². The molecule has 0 unspecified atom stereocenters. The normalized spacial score (nSPS) is 10.6. The van der Waals surface area contributed by atoms with Crippen molar-refractivity contribution in [3.8, 4) is 28.5 Å². The van der Waals surface area contributed by atoms with E-state index in [2.05, 4.69) is 11.4 Å². The Morgan fingerprint density at radius 3 is 2.19 bits per heavy atom. The Bertz CT molecular complexity index is 1560. The second kappa shape index (κ2) is 10.9. The number of anilines is 1. The highest BCUT2D eigenvalue weighted by Crippen LogP contribution is 2.34. The second-order valence-corrected chi connectivity index (χ2v) is 9.37.